The molecule has 4 nitrogen and oxygen atoms in total. The van der Waals surface area contributed by atoms with Gasteiger partial charge >= 0.3 is 45.5 Å². The molecule has 64 valence electrons. The van der Waals surface area contributed by atoms with Crippen molar-refractivity contribution in [2.45, 2.75) is 4.90 Å². The van der Waals surface area contributed by atoms with Crippen LogP contribution in [0, 0.1) is 0 Å². The molecule has 0 aliphatic heterocycles. The van der Waals surface area contributed by atoms with Gasteiger partial charge < -0.3 is 5.73 Å². The van der Waals surface area contributed by atoms with Crippen LogP contribution < -0.4 is 5.73 Å². The Kier molecular flexibility index (Phi) is 4.75. The normalized spacial score (nSPS) is 10.4. The average Bonchev–Trinajstić information content (AvgIpc) is 1.86. The number of benzene rings is 1. The third kappa shape index (κ3) is 3.42. The molecule has 0 aliphatic rings. The molecule has 0 aliphatic carbocycles. The van der Waals surface area contributed by atoms with Gasteiger partial charge in [-0.15, -0.1) is 0 Å². The summed E-state index contributed by atoms with van der Waals surface area (Å²) in [6.07, 6.45) is 0. The van der Waals surface area contributed by atoms with Crippen LogP contribution in [0.3, 0.4) is 0 Å². The topological polar surface area (TPSA) is 80.4 Å². The molecule has 1 aromatic rings. The van der Waals surface area contributed by atoms with Crippen molar-refractivity contribution in [2.24, 2.45) is 0 Å². The number of nitrogens with two attached hydrogens (primary N) is 1. The van der Waals surface area contributed by atoms with Crippen LogP contribution in [0.15, 0.2) is 29.2 Å². The summed E-state index contributed by atoms with van der Waals surface area (Å²) in [7, 11) is -4.11. The Morgan fingerprint density at radius 3 is 2.25 bits per heavy atom. The molecular weight excluding hydrogens is 254 g/mol. The summed E-state index contributed by atoms with van der Waals surface area (Å²) in [5.74, 6) is 0. The van der Waals surface area contributed by atoms with Crippen molar-refractivity contribution >= 4 is 61.3 Å². The van der Waals surface area contributed by atoms with E-state index in [4.69, 9.17) is 10.3 Å². The molecule has 1 rings (SSSR count). The summed E-state index contributed by atoms with van der Waals surface area (Å²) in [5.41, 5.74) is 5.59. The Morgan fingerprint density at radius 2 is 1.92 bits per heavy atom. The molecule has 0 fully saturated rings. The van der Waals surface area contributed by atoms with Crippen LogP contribution in [-0.2, 0) is 10.1 Å². The average molecular weight is 263 g/mol. The van der Waals surface area contributed by atoms with E-state index in [-0.39, 0.29) is 50.4 Å². The molecule has 1 aromatic carbocycles. The van der Waals surface area contributed by atoms with E-state index in [1.807, 2.05) is 0 Å². The van der Waals surface area contributed by atoms with E-state index in [0.29, 0.717) is 5.69 Å². The molecule has 0 saturated carbocycles. The van der Waals surface area contributed by atoms with Gasteiger partial charge in [-0.25, -0.2) is 0 Å². The van der Waals surface area contributed by atoms with Gasteiger partial charge in [0, 0.05) is 5.69 Å². The predicted octanol–water partition coefficient (Wildman–Crippen LogP) is -0.401. The van der Waals surface area contributed by atoms with Crippen LogP contribution in [0.2, 0.25) is 0 Å². The Hall–Kier alpha value is 0.411. The molecule has 3 N–H and O–H groups in total. The Balaban J connectivity index is 0.00000121. The molecule has 12 heavy (non-hydrogen) atoms. The number of rotatable bonds is 1. The fourth-order valence-corrected chi connectivity index (χ4v) is 1.21. The maximum absolute atomic E-state index is 10.5. The minimum atomic E-state index is -4.11. The van der Waals surface area contributed by atoms with E-state index in [0.717, 1.165) is 0 Å². The van der Waals surface area contributed by atoms with Crippen molar-refractivity contribution in [3.63, 3.8) is 0 Å². The molecule has 0 bridgehead atoms. The Morgan fingerprint density at radius 1 is 1.33 bits per heavy atom. The molecule has 0 spiro atoms. The van der Waals surface area contributed by atoms with Gasteiger partial charge in [0.2, 0.25) is 0 Å². The number of hydrogen-bond acceptors (Lipinski definition) is 3. The van der Waals surface area contributed by atoms with E-state index in [2.05, 4.69) is 0 Å². The van der Waals surface area contributed by atoms with Crippen LogP contribution in [0.4, 0.5) is 5.69 Å². The van der Waals surface area contributed by atoms with Gasteiger partial charge in [-0.05, 0) is 18.2 Å². The van der Waals surface area contributed by atoms with Crippen molar-refractivity contribution in [3.05, 3.63) is 24.3 Å². The molecule has 0 aromatic heterocycles. The molecule has 0 unspecified atom stereocenters. The van der Waals surface area contributed by atoms with Crippen LogP contribution in [-0.4, -0.2) is 58.5 Å². The van der Waals surface area contributed by atoms with Crippen LogP contribution in [0.1, 0.15) is 0 Å². The summed E-state index contributed by atoms with van der Waals surface area (Å²) >= 11 is 0. The van der Waals surface area contributed by atoms with E-state index in [9.17, 15) is 8.42 Å². The van der Waals surface area contributed by atoms with Gasteiger partial charge in [0.1, 0.15) is 0 Å². The fraction of sp³-hybridized carbons (Fsp3) is 0. The third-order valence-corrected chi connectivity index (χ3v) is 2.01. The number of nitrogen functional groups attached to an aromatic ring is 1. The Labute approximate surface area is 108 Å². The summed E-state index contributed by atoms with van der Waals surface area (Å²) in [6.45, 7) is 0. The minimum absolute atomic E-state index is 0. The first kappa shape index (κ1) is 12.4. The summed E-state index contributed by atoms with van der Waals surface area (Å²) in [5, 5.41) is 0. The number of anilines is 1. The number of hydrogen-bond donors (Lipinski definition) is 2. The second-order valence-corrected chi connectivity index (χ2v) is 3.47. The first-order chi connectivity index (χ1) is 5.00. The van der Waals surface area contributed by atoms with Gasteiger partial charge in [-0.2, -0.15) is 8.42 Å². The molecule has 6 heteroatoms. The molecule has 0 saturated heterocycles. The zero-order valence-corrected chi connectivity index (χ0v) is 6.38. The monoisotopic (exact) mass is 263 g/mol. The zero-order chi connectivity index (χ0) is 8.48. The molecule has 0 heterocycles. The SMILES string of the molecule is Nc1cccc(S(=O)(=O)O)c1.[SrH2]. The van der Waals surface area contributed by atoms with Crippen LogP contribution in [0.5, 0.6) is 0 Å². The van der Waals surface area contributed by atoms with Crippen molar-refractivity contribution in [1.29, 1.82) is 0 Å². The van der Waals surface area contributed by atoms with Gasteiger partial charge in [-0.1, -0.05) is 6.07 Å². The second kappa shape index (κ2) is 4.59. The predicted molar refractivity (Wildman–Crippen MR) is 49.2 cm³/mol. The third-order valence-electron chi connectivity index (χ3n) is 1.16. The Bertz CT molecular complexity index is 363. The fourth-order valence-electron chi connectivity index (χ4n) is 0.675. The molecule has 0 atom stereocenters. The van der Waals surface area contributed by atoms with E-state index in [1.165, 1.54) is 24.3 Å². The van der Waals surface area contributed by atoms with Gasteiger partial charge in [0.25, 0.3) is 10.1 Å². The zero-order valence-electron chi connectivity index (χ0n) is 5.56. The quantitative estimate of drug-likeness (QED) is 0.410. The van der Waals surface area contributed by atoms with Crippen molar-refractivity contribution in [1.82, 2.24) is 0 Å². The van der Waals surface area contributed by atoms with Gasteiger partial charge in [0.15, 0.2) is 0 Å². The summed E-state index contributed by atoms with van der Waals surface area (Å²) in [4.78, 5) is -0.183. The van der Waals surface area contributed by atoms with Gasteiger partial charge in [-0.3, -0.25) is 4.55 Å². The molecular formula is C6H9NO3SSr. The second-order valence-electron chi connectivity index (χ2n) is 2.05. The van der Waals surface area contributed by atoms with Crippen molar-refractivity contribution < 1.29 is 13.0 Å². The summed E-state index contributed by atoms with van der Waals surface area (Å²) < 4.78 is 29.5. The molecule has 0 amide bonds. The molecule has 0 radical (unpaired) electrons. The van der Waals surface area contributed by atoms with E-state index in [1.54, 1.807) is 0 Å². The van der Waals surface area contributed by atoms with Crippen LogP contribution >= 0.6 is 0 Å². The van der Waals surface area contributed by atoms with Crippen LogP contribution in [0.25, 0.3) is 0 Å². The maximum atomic E-state index is 10.5. The summed E-state index contributed by atoms with van der Waals surface area (Å²) in [6, 6.07) is 5.45. The standard InChI is InChI=1S/C6H7NO3S.Sr.2H/c7-5-2-1-3-6(4-5)11(8,9)10;;;/h1-4H,7H2,(H,8,9,10);;;. The van der Waals surface area contributed by atoms with Crippen molar-refractivity contribution in [2.75, 3.05) is 5.73 Å². The van der Waals surface area contributed by atoms with Gasteiger partial charge in [0.05, 0.1) is 4.90 Å². The van der Waals surface area contributed by atoms with E-state index >= 15 is 0 Å². The first-order valence-corrected chi connectivity index (χ1v) is 4.27. The van der Waals surface area contributed by atoms with E-state index < -0.39 is 10.1 Å². The van der Waals surface area contributed by atoms with Crippen molar-refractivity contribution in [3.8, 4) is 0 Å². The first-order valence-electron chi connectivity index (χ1n) is 2.83.